The summed E-state index contributed by atoms with van der Waals surface area (Å²) in [7, 11) is 0. The van der Waals surface area contributed by atoms with E-state index in [1.807, 2.05) is 0 Å². The first-order chi connectivity index (χ1) is 5.76. The van der Waals surface area contributed by atoms with E-state index in [1.54, 1.807) is 18.2 Å². The minimum atomic E-state index is -0.847. The molecular weight excluding hydrogens is 227 g/mol. The summed E-state index contributed by atoms with van der Waals surface area (Å²) in [6.45, 7) is -0.847. The molecule has 0 saturated carbocycles. The number of nitrogen functional groups attached to an aromatic ring is 1. The van der Waals surface area contributed by atoms with Crippen molar-refractivity contribution in [3.63, 3.8) is 0 Å². The largest absolute Gasteiger partial charge is 0.463 e. The number of ether oxygens (including phenoxy) is 1. The Hall–Kier alpha value is -0.810. The third kappa shape index (κ3) is 2.35. The van der Waals surface area contributed by atoms with E-state index >= 15 is 0 Å². The van der Waals surface area contributed by atoms with Gasteiger partial charge in [0.05, 0.1) is 5.69 Å². The van der Waals surface area contributed by atoms with Crippen LogP contribution in [0, 0.1) is 0 Å². The van der Waals surface area contributed by atoms with Gasteiger partial charge in [-0.1, -0.05) is 15.9 Å². The van der Waals surface area contributed by atoms with Gasteiger partial charge in [-0.3, -0.25) is 5.84 Å². The van der Waals surface area contributed by atoms with Gasteiger partial charge in [0.25, 0.3) is 0 Å². The van der Waals surface area contributed by atoms with Crippen molar-refractivity contribution in [3.05, 3.63) is 22.7 Å². The molecular formula is C7H8BrFN2O. The Morgan fingerprint density at radius 1 is 1.50 bits per heavy atom. The molecule has 0 aliphatic rings. The Kier molecular flexibility index (Phi) is 3.31. The maximum atomic E-state index is 11.8. The molecule has 0 bridgehead atoms. The Morgan fingerprint density at radius 3 is 2.83 bits per heavy atom. The summed E-state index contributed by atoms with van der Waals surface area (Å²) in [4.78, 5) is 0. The lowest BCUT2D eigenvalue weighted by atomic mass is 10.3. The number of nitrogens with two attached hydrogens (primary N) is 1. The van der Waals surface area contributed by atoms with Crippen LogP contribution in [0.5, 0.6) is 5.75 Å². The fraction of sp³-hybridized carbons (Fsp3) is 0.143. The quantitative estimate of drug-likeness (QED) is 0.622. The zero-order valence-electron chi connectivity index (χ0n) is 6.18. The molecule has 0 fully saturated rings. The summed E-state index contributed by atoms with van der Waals surface area (Å²) >= 11 is 3.23. The van der Waals surface area contributed by atoms with Crippen LogP contribution in [-0.4, -0.2) is 6.86 Å². The van der Waals surface area contributed by atoms with Crippen LogP contribution in [0.1, 0.15) is 0 Å². The van der Waals surface area contributed by atoms with E-state index in [0.717, 1.165) is 4.47 Å². The normalized spacial score (nSPS) is 9.58. The molecule has 0 aromatic heterocycles. The van der Waals surface area contributed by atoms with Crippen LogP contribution in [0.2, 0.25) is 0 Å². The van der Waals surface area contributed by atoms with Crippen molar-refractivity contribution in [2.24, 2.45) is 5.84 Å². The number of rotatable bonds is 3. The second-order valence-corrected chi connectivity index (χ2v) is 2.99. The summed E-state index contributed by atoms with van der Waals surface area (Å²) in [6, 6.07) is 5.01. The van der Waals surface area contributed by atoms with Gasteiger partial charge < -0.3 is 10.2 Å². The van der Waals surface area contributed by atoms with Gasteiger partial charge in [-0.05, 0) is 12.1 Å². The molecule has 5 heteroatoms. The molecule has 0 aliphatic heterocycles. The van der Waals surface area contributed by atoms with Gasteiger partial charge in [0.1, 0.15) is 5.75 Å². The molecule has 0 saturated heterocycles. The standard InChI is InChI=1S/C7H8BrFN2O/c8-5-1-6(11-10)3-7(2-5)12-4-9/h1-3,11H,4,10H2. The van der Waals surface area contributed by atoms with Crippen molar-refractivity contribution in [1.29, 1.82) is 0 Å². The van der Waals surface area contributed by atoms with Gasteiger partial charge in [-0.15, -0.1) is 0 Å². The minimum absolute atomic E-state index is 0.430. The highest BCUT2D eigenvalue weighted by Crippen LogP contribution is 2.23. The van der Waals surface area contributed by atoms with Crippen LogP contribution in [-0.2, 0) is 0 Å². The van der Waals surface area contributed by atoms with E-state index in [2.05, 4.69) is 26.1 Å². The highest BCUT2D eigenvalue weighted by atomic mass is 79.9. The fourth-order valence-corrected chi connectivity index (χ4v) is 1.26. The molecule has 3 nitrogen and oxygen atoms in total. The van der Waals surface area contributed by atoms with Crippen LogP contribution in [0.25, 0.3) is 0 Å². The van der Waals surface area contributed by atoms with Gasteiger partial charge in [0.15, 0.2) is 0 Å². The van der Waals surface area contributed by atoms with Crippen LogP contribution >= 0.6 is 15.9 Å². The molecule has 66 valence electrons. The second-order valence-electron chi connectivity index (χ2n) is 2.07. The summed E-state index contributed by atoms with van der Waals surface area (Å²) in [5.74, 6) is 5.59. The number of nitrogens with one attached hydrogen (secondary N) is 1. The summed E-state index contributed by atoms with van der Waals surface area (Å²) < 4.78 is 17.2. The molecule has 0 amide bonds. The van der Waals surface area contributed by atoms with Gasteiger partial charge in [-0.2, -0.15) is 0 Å². The van der Waals surface area contributed by atoms with E-state index in [0.29, 0.717) is 11.4 Å². The topological polar surface area (TPSA) is 47.3 Å². The Labute approximate surface area is 77.8 Å². The number of hydrogen-bond donors (Lipinski definition) is 2. The van der Waals surface area contributed by atoms with Crippen molar-refractivity contribution in [2.45, 2.75) is 0 Å². The first kappa shape index (κ1) is 9.28. The van der Waals surface area contributed by atoms with Gasteiger partial charge >= 0.3 is 0 Å². The molecule has 3 N–H and O–H groups in total. The van der Waals surface area contributed by atoms with Crippen LogP contribution < -0.4 is 16.0 Å². The van der Waals surface area contributed by atoms with Crippen LogP contribution in [0.3, 0.4) is 0 Å². The average Bonchev–Trinajstić information content (AvgIpc) is 2.04. The lowest BCUT2D eigenvalue weighted by Crippen LogP contribution is -2.06. The molecule has 12 heavy (non-hydrogen) atoms. The third-order valence-corrected chi connectivity index (χ3v) is 1.72. The van der Waals surface area contributed by atoms with Crippen molar-refractivity contribution in [3.8, 4) is 5.75 Å². The van der Waals surface area contributed by atoms with Crippen LogP contribution in [0.15, 0.2) is 22.7 Å². The molecule has 0 radical (unpaired) electrons. The third-order valence-electron chi connectivity index (χ3n) is 1.26. The van der Waals surface area contributed by atoms with Gasteiger partial charge in [0.2, 0.25) is 6.86 Å². The second kappa shape index (κ2) is 4.27. The lowest BCUT2D eigenvalue weighted by molar-refractivity contribution is 0.192. The molecule has 0 unspecified atom stereocenters. The van der Waals surface area contributed by atoms with Crippen molar-refractivity contribution in [2.75, 3.05) is 12.3 Å². The number of hydrogen-bond acceptors (Lipinski definition) is 3. The van der Waals surface area contributed by atoms with Crippen molar-refractivity contribution in [1.82, 2.24) is 0 Å². The smallest absolute Gasteiger partial charge is 0.228 e. The van der Waals surface area contributed by atoms with Crippen LogP contribution in [0.4, 0.5) is 10.1 Å². The lowest BCUT2D eigenvalue weighted by Gasteiger charge is -2.05. The van der Waals surface area contributed by atoms with E-state index in [-0.39, 0.29) is 0 Å². The Bertz CT molecular complexity index is 270. The fourth-order valence-electron chi connectivity index (χ4n) is 0.792. The maximum absolute atomic E-state index is 11.8. The number of hydrazine groups is 1. The SMILES string of the molecule is NNc1cc(Br)cc(OCF)c1. The highest BCUT2D eigenvalue weighted by Gasteiger charge is 1.98. The zero-order valence-corrected chi connectivity index (χ0v) is 7.77. The first-order valence-electron chi connectivity index (χ1n) is 3.22. The molecule has 1 rings (SSSR count). The summed E-state index contributed by atoms with van der Waals surface area (Å²) in [5, 5.41) is 0. The van der Waals surface area contributed by atoms with E-state index in [1.165, 1.54) is 0 Å². The maximum Gasteiger partial charge on any atom is 0.228 e. The number of alkyl halides is 1. The van der Waals surface area contributed by atoms with E-state index < -0.39 is 6.86 Å². The molecule has 0 aliphatic carbocycles. The number of halogens is 2. The average molecular weight is 235 g/mol. The first-order valence-corrected chi connectivity index (χ1v) is 4.01. The Balaban J connectivity index is 2.90. The highest BCUT2D eigenvalue weighted by molar-refractivity contribution is 9.10. The molecule has 1 aromatic carbocycles. The van der Waals surface area contributed by atoms with E-state index in [4.69, 9.17) is 5.84 Å². The van der Waals surface area contributed by atoms with Crippen molar-refractivity contribution >= 4 is 21.6 Å². The molecule has 0 spiro atoms. The zero-order chi connectivity index (χ0) is 8.97. The molecule has 0 atom stereocenters. The number of anilines is 1. The van der Waals surface area contributed by atoms with Gasteiger partial charge in [0, 0.05) is 10.5 Å². The predicted octanol–water partition coefficient (Wildman–Crippen LogP) is 2.04. The number of benzene rings is 1. The Morgan fingerprint density at radius 2 is 2.25 bits per heavy atom. The van der Waals surface area contributed by atoms with E-state index in [9.17, 15) is 4.39 Å². The molecule has 1 aromatic rings. The summed E-state index contributed by atoms with van der Waals surface area (Å²) in [6.07, 6.45) is 0. The van der Waals surface area contributed by atoms with Gasteiger partial charge in [-0.25, -0.2) is 4.39 Å². The monoisotopic (exact) mass is 234 g/mol. The van der Waals surface area contributed by atoms with Crippen molar-refractivity contribution < 1.29 is 9.13 Å². The predicted molar refractivity (Wildman–Crippen MR) is 48.6 cm³/mol. The minimum Gasteiger partial charge on any atom is -0.463 e. The summed E-state index contributed by atoms with van der Waals surface area (Å²) in [5.41, 5.74) is 3.09. The molecule has 0 heterocycles.